The number of pyridine rings is 1. The Hall–Kier alpha value is -2.50. The van der Waals surface area contributed by atoms with Crippen molar-refractivity contribution in [3.63, 3.8) is 0 Å². The first-order valence-electron chi connectivity index (χ1n) is 6.62. The molecule has 6 nitrogen and oxygen atoms in total. The lowest BCUT2D eigenvalue weighted by Crippen LogP contribution is -2.31. The molecule has 0 amide bonds. The van der Waals surface area contributed by atoms with E-state index in [0.717, 1.165) is 5.56 Å². The van der Waals surface area contributed by atoms with Crippen molar-refractivity contribution in [3.8, 4) is 0 Å². The summed E-state index contributed by atoms with van der Waals surface area (Å²) in [4.78, 5) is 31.1. The molecule has 0 fully saturated rings. The van der Waals surface area contributed by atoms with Gasteiger partial charge in [0.05, 0.1) is 12.5 Å². The lowest BCUT2D eigenvalue weighted by molar-refractivity contribution is -0.136. The largest absolute Gasteiger partial charge is 0.481 e. The third-order valence-electron chi connectivity index (χ3n) is 3.61. The molecule has 0 aliphatic rings. The lowest BCUT2D eigenvalue weighted by Gasteiger charge is -2.20. The first-order chi connectivity index (χ1) is 9.91. The second-order valence-electron chi connectivity index (χ2n) is 4.94. The summed E-state index contributed by atoms with van der Waals surface area (Å²) in [7, 11) is 0. The standard InChI is InChI=1S/C15H17N3O3/c1-9-13(8-14(19)20)11(3)18(15(21)17-9)10(2)12-4-6-16-7-5-12/h4-7,10H,8H2,1-3H3,(H,19,20). The molecule has 0 bridgehead atoms. The molecule has 0 saturated heterocycles. The summed E-state index contributed by atoms with van der Waals surface area (Å²) in [6, 6.07) is 3.42. The van der Waals surface area contributed by atoms with Gasteiger partial charge in [0, 0.05) is 29.3 Å². The number of aliphatic carboxylic acids is 1. The van der Waals surface area contributed by atoms with E-state index in [9.17, 15) is 9.59 Å². The Morgan fingerprint density at radius 1 is 1.33 bits per heavy atom. The molecule has 1 unspecified atom stereocenters. The van der Waals surface area contributed by atoms with Gasteiger partial charge in [0.2, 0.25) is 0 Å². The summed E-state index contributed by atoms with van der Waals surface area (Å²) in [6.07, 6.45) is 3.17. The van der Waals surface area contributed by atoms with Crippen molar-refractivity contribution in [1.82, 2.24) is 14.5 Å². The van der Waals surface area contributed by atoms with Gasteiger partial charge in [0.1, 0.15) is 0 Å². The van der Waals surface area contributed by atoms with Crippen LogP contribution in [0, 0.1) is 13.8 Å². The third-order valence-corrected chi connectivity index (χ3v) is 3.61. The molecule has 0 saturated carbocycles. The van der Waals surface area contributed by atoms with Gasteiger partial charge < -0.3 is 5.11 Å². The summed E-state index contributed by atoms with van der Waals surface area (Å²) >= 11 is 0. The van der Waals surface area contributed by atoms with Crippen molar-refractivity contribution >= 4 is 5.97 Å². The van der Waals surface area contributed by atoms with Gasteiger partial charge in [-0.2, -0.15) is 4.98 Å². The van der Waals surface area contributed by atoms with Gasteiger partial charge in [-0.1, -0.05) is 0 Å². The van der Waals surface area contributed by atoms with Crippen LogP contribution in [-0.4, -0.2) is 25.6 Å². The summed E-state index contributed by atoms with van der Waals surface area (Å²) < 4.78 is 1.53. The molecule has 0 aromatic carbocycles. The van der Waals surface area contributed by atoms with Crippen LogP contribution in [0.4, 0.5) is 0 Å². The van der Waals surface area contributed by atoms with E-state index in [2.05, 4.69) is 9.97 Å². The number of carbonyl (C=O) groups is 1. The molecule has 0 aliphatic heterocycles. The highest BCUT2D eigenvalue weighted by Gasteiger charge is 2.18. The van der Waals surface area contributed by atoms with E-state index in [-0.39, 0.29) is 18.2 Å². The summed E-state index contributed by atoms with van der Waals surface area (Å²) in [5.74, 6) is -0.940. The number of hydrogen-bond donors (Lipinski definition) is 1. The monoisotopic (exact) mass is 287 g/mol. The lowest BCUT2D eigenvalue weighted by atomic mass is 10.1. The Bertz CT molecular complexity index is 723. The molecule has 110 valence electrons. The predicted molar refractivity (Wildman–Crippen MR) is 77.4 cm³/mol. The van der Waals surface area contributed by atoms with Gasteiger partial charge in [-0.3, -0.25) is 14.3 Å². The number of rotatable bonds is 4. The molecule has 2 rings (SSSR count). The summed E-state index contributed by atoms with van der Waals surface area (Å²) in [5, 5.41) is 9.01. The van der Waals surface area contributed by atoms with Crippen LogP contribution >= 0.6 is 0 Å². The van der Waals surface area contributed by atoms with Crippen molar-refractivity contribution in [2.75, 3.05) is 0 Å². The summed E-state index contributed by atoms with van der Waals surface area (Å²) in [6.45, 7) is 5.30. The molecule has 2 aromatic heterocycles. The minimum absolute atomic E-state index is 0.145. The minimum atomic E-state index is -0.940. The fourth-order valence-corrected chi connectivity index (χ4v) is 2.47. The zero-order chi connectivity index (χ0) is 15.6. The molecule has 0 radical (unpaired) electrons. The van der Waals surface area contributed by atoms with Crippen LogP contribution in [-0.2, 0) is 11.2 Å². The van der Waals surface area contributed by atoms with Crippen molar-refractivity contribution in [2.45, 2.75) is 33.2 Å². The third kappa shape index (κ3) is 2.99. The fourth-order valence-electron chi connectivity index (χ4n) is 2.47. The highest BCUT2D eigenvalue weighted by molar-refractivity contribution is 5.70. The zero-order valence-electron chi connectivity index (χ0n) is 12.2. The molecular weight excluding hydrogens is 270 g/mol. The van der Waals surface area contributed by atoms with Crippen molar-refractivity contribution in [2.24, 2.45) is 0 Å². The second-order valence-corrected chi connectivity index (χ2v) is 4.94. The minimum Gasteiger partial charge on any atom is -0.481 e. The van der Waals surface area contributed by atoms with Crippen LogP contribution in [0.25, 0.3) is 0 Å². The molecule has 21 heavy (non-hydrogen) atoms. The Balaban J connectivity index is 2.58. The van der Waals surface area contributed by atoms with Crippen LogP contribution in [0.5, 0.6) is 0 Å². The predicted octanol–water partition coefficient (Wildman–Crippen LogP) is 1.49. The molecule has 1 N–H and O–H groups in total. The Kier molecular flexibility index (Phi) is 4.16. The quantitative estimate of drug-likeness (QED) is 0.921. The maximum absolute atomic E-state index is 12.2. The van der Waals surface area contributed by atoms with Gasteiger partial charge in [-0.25, -0.2) is 4.79 Å². The number of carboxylic acid groups (broad SMARTS) is 1. The van der Waals surface area contributed by atoms with Crippen molar-refractivity contribution in [1.29, 1.82) is 0 Å². The van der Waals surface area contributed by atoms with Crippen LogP contribution in [0.3, 0.4) is 0 Å². The topological polar surface area (TPSA) is 85.1 Å². The molecule has 2 heterocycles. The Labute approximate surface area is 122 Å². The normalized spacial score (nSPS) is 12.1. The number of hydrogen-bond acceptors (Lipinski definition) is 4. The van der Waals surface area contributed by atoms with E-state index in [4.69, 9.17) is 5.11 Å². The van der Waals surface area contributed by atoms with Crippen LogP contribution in [0.15, 0.2) is 29.3 Å². The number of aryl methyl sites for hydroxylation is 1. The van der Waals surface area contributed by atoms with Gasteiger partial charge in [0.25, 0.3) is 0 Å². The van der Waals surface area contributed by atoms with Crippen LogP contribution in [0.2, 0.25) is 0 Å². The number of carboxylic acids is 1. The number of nitrogens with zero attached hydrogens (tertiary/aromatic N) is 3. The first kappa shape index (κ1) is 14.9. The van der Waals surface area contributed by atoms with E-state index < -0.39 is 5.97 Å². The Morgan fingerprint density at radius 2 is 1.95 bits per heavy atom. The van der Waals surface area contributed by atoms with E-state index in [1.807, 2.05) is 19.1 Å². The van der Waals surface area contributed by atoms with Crippen molar-refractivity contribution in [3.05, 3.63) is 57.5 Å². The van der Waals surface area contributed by atoms with Crippen molar-refractivity contribution < 1.29 is 9.90 Å². The summed E-state index contributed by atoms with van der Waals surface area (Å²) in [5.41, 5.74) is 2.24. The zero-order valence-corrected chi connectivity index (χ0v) is 12.2. The van der Waals surface area contributed by atoms with Gasteiger partial charge in [-0.05, 0) is 38.5 Å². The van der Waals surface area contributed by atoms with E-state index in [1.165, 1.54) is 4.57 Å². The first-order valence-corrected chi connectivity index (χ1v) is 6.62. The van der Waals surface area contributed by atoms with Gasteiger partial charge in [-0.15, -0.1) is 0 Å². The molecule has 0 aliphatic carbocycles. The van der Waals surface area contributed by atoms with E-state index in [1.54, 1.807) is 26.2 Å². The Morgan fingerprint density at radius 3 is 2.52 bits per heavy atom. The molecule has 1 atom stereocenters. The van der Waals surface area contributed by atoms with Gasteiger partial charge in [0.15, 0.2) is 0 Å². The fraction of sp³-hybridized carbons (Fsp3) is 0.333. The molecule has 2 aromatic rings. The smallest absolute Gasteiger partial charge is 0.348 e. The maximum Gasteiger partial charge on any atom is 0.348 e. The van der Waals surface area contributed by atoms with Crippen LogP contribution in [0.1, 0.15) is 35.5 Å². The van der Waals surface area contributed by atoms with E-state index >= 15 is 0 Å². The average Bonchev–Trinajstić information content (AvgIpc) is 2.44. The van der Waals surface area contributed by atoms with Crippen LogP contribution < -0.4 is 5.69 Å². The maximum atomic E-state index is 12.2. The van der Waals surface area contributed by atoms with E-state index in [0.29, 0.717) is 17.0 Å². The molecule has 6 heteroatoms. The second kappa shape index (κ2) is 5.87. The average molecular weight is 287 g/mol. The van der Waals surface area contributed by atoms with Gasteiger partial charge >= 0.3 is 11.7 Å². The molecule has 0 spiro atoms. The molecular formula is C15H17N3O3. The highest BCUT2D eigenvalue weighted by atomic mass is 16.4. The highest BCUT2D eigenvalue weighted by Crippen LogP contribution is 2.19. The number of aromatic nitrogens is 3. The SMILES string of the molecule is Cc1nc(=O)n(C(C)c2ccncc2)c(C)c1CC(=O)O.